The third-order valence-corrected chi connectivity index (χ3v) is 3.41. The van der Waals surface area contributed by atoms with Crippen molar-refractivity contribution in [2.45, 2.75) is 52.7 Å². The van der Waals surface area contributed by atoms with Crippen LogP contribution in [0.25, 0.3) is 0 Å². The number of imide groups is 1. The number of nitrogens with one attached hydrogen (secondary N) is 1. The van der Waals surface area contributed by atoms with Gasteiger partial charge in [-0.25, -0.2) is 14.6 Å². The average molecular weight is 407 g/mol. The molecule has 0 saturated heterocycles. The minimum atomic E-state index is -0.858. The molecule has 8 nitrogen and oxygen atoms in total. The monoisotopic (exact) mass is 406 g/mol. The van der Waals surface area contributed by atoms with E-state index in [1.54, 1.807) is 72.2 Å². The Morgan fingerprint density at radius 3 is 2.07 bits per heavy atom. The molecule has 0 aromatic heterocycles. The summed E-state index contributed by atoms with van der Waals surface area (Å²) >= 11 is 1.25. The van der Waals surface area contributed by atoms with Crippen LogP contribution in [0.15, 0.2) is 29.3 Å². The van der Waals surface area contributed by atoms with Crippen molar-refractivity contribution in [1.82, 2.24) is 5.32 Å². The topological polar surface area (TPSA) is 104 Å². The van der Waals surface area contributed by atoms with Gasteiger partial charge in [0.15, 0.2) is 11.4 Å². The van der Waals surface area contributed by atoms with Crippen LogP contribution in [0.1, 0.15) is 41.5 Å². The maximum atomic E-state index is 12.7. The summed E-state index contributed by atoms with van der Waals surface area (Å²) < 4.78 is 10.7. The maximum Gasteiger partial charge on any atom is 0.424 e. The highest BCUT2D eigenvalue weighted by Gasteiger charge is 2.32. The molecular formula is C19H26N4O4S. The molecule has 28 heavy (non-hydrogen) atoms. The smallest absolute Gasteiger partial charge is 0.424 e. The van der Waals surface area contributed by atoms with Crippen molar-refractivity contribution in [1.29, 1.82) is 5.26 Å². The number of hydrogen-bond donors (Lipinski definition) is 1. The zero-order valence-corrected chi connectivity index (χ0v) is 18.0. The van der Waals surface area contributed by atoms with Crippen LogP contribution in [0, 0.1) is 11.5 Å². The lowest BCUT2D eigenvalue weighted by Crippen LogP contribution is -2.43. The second kappa shape index (κ2) is 9.46. The third-order valence-electron chi connectivity index (χ3n) is 2.83. The fourth-order valence-corrected chi connectivity index (χ4v) is 2.24. The van der Waals surface area contributed by atoms with Crippen molar-refractivity contribution < 1.29 is 19.1 Å². The van der Waals surface area contributed by atoms with Crippen LogP contribution >= 0.6 is 11.8 Å². The van der Waals surface area contributed by atoms with E-state index in [-0.39, 0.29) is 5.69 Å². The summed E-state index contributed by atoms with van der Waals surface area (Å²) in [5.74, 6) is 0. The lowest BCUT2D eigenvalue weighted by Gasteiger charge is -2.28. The SMILES string of the molecule is CSC(=Nc1cccc(N(C(=O)OC(C)(C)C)C(=O)OC(C)(C)C)c1)NC#N. The lowest BCUT2D eigenvalue weighted by atomic mass is 10.2. The molecule has 1 N–H and O–H groups in total. The van der Waals surface area contributed by atoms with Gasteiger partial charge < -0.3 is 9.47 Å². The summed E-state index contributed by atoms with van der Waals surface area (Å²) in [5, 5.41) is 11.6. The number of nitrogens with zero attached hydrogens (tertiary/aromatic N) is 3. The summed E-state index contributed by atoms with van der Waals surface area (Å²) in [6.45, 7) is 10.2. The van der Waals surface area contributed by atoms with E-state index in [0.717, 1.165) is 4.90 Å². The number of rotatable bonds is 2. The van der Waals surface area contributed by atoms with Crippen molar-refractivity contribution in [3.05, 3.63) is 24.3 Å². The average Bonchev–Trinajstić information content (AvgIpc) is 2.51. The highest BCUT2D eigenvalue weighted by atomic mass is 32.2. The molecule has 0 aliphatic rings. The van der Waals surface area contributed by atoms with Crippen LogP contribution in [0.5, 0.6) is 0 Å². The molecule has 9 heteroatoms. The number of carbonyl (C=O) groups is 2. The number of amides is 2. The quantitative estimate of drug-likeness (QED) is 0.326. The van der Waals surface area contributed by atoms with Gasteiger partial charge in [0.05, 0.1) is 11.4 Å². The minimum absolute atomic E-state index is 0.238. The van der Waals surface area contributed by atoms with E-state index in [1.165, 1.54) is 17.8 Å². The first-order valence-electron chi connectivity index (χ1n) is 8.50. The Morgan fingerprint density at radius 2 is 1.64 bits per heavy atom. The summed E-state index contributed by atoms with van der Waals surface area (Å²) in [6, 6.07) is 6.42. The van der Waals surface area contributed by atoms with E-state index in [0.29, 0.717) is 10.9 Å². The molecule has 0 unspecified atom stereocenters. The number of thioether (sulfide) groups is 1. The Balaban J connectivity index is 3.34. The Hall–Kier alpha value is -2.73. The first-order chi connectivity index (χ1) is 12.9. The predicted octanol–water partition coefficient (Wildman–Crippen LogP) is 4.78. The first kappa shape index (κ1) is 23.3. The summed E-state index contributed by atoms with van der Waals surface area (Å²) in [7, 11) is 0. The molecule has 1 aromatic rings. The van der Waals surface area contributed by atoms with Gasteiger partial charge in [-0.2, -0.15) is 10.2 Å². The van der Waals surface area contributed by atoms with Gasteiger partial charge in [-0.15, -0.1) is 0 Å². The standard InChI is InChI=1S/C19H26N4O4S/c1-18(2,3)26-16(24)23(17(25)27-19(4,5)6)14-10-8-9-13(11-14)22-15(28-7)21-12-20/h8-11H,1-7H3,(H,21,22). The van der Waals surface area contributed by atoms with Crippen molar-refractivity contribution in [3.63, 3.8) is 0 Å². The van der Waals surface area contributed by atoms with Gasteiger partial charge in [0.25, 0.3) is 0 Å². The Bertz CT molecular complexity index is 760. The van der Waals surface area contributed by atoms with Crippen LogP contribution < -0.4 is 10.2 Å². The Kier molecular flexibility index (Phi) is 7.88. The molecule has 152 valence electrons. The van der Waals surface area contributed by atoms with E-state index < -0.39 is 23.4 Å². The molecule has 0 aliphatic heterocycles. The number of amidine groups is 1. The maximum absolute atomic E-state index is 12.7. The molecule has 0 heterocycles. The number of ether oxygens (including phenoxy) is 2. The molecule has 0 radical (unpaired) electrons. The summed E-state index contributed by atoms with van der Waals surface area (Å²) in [4.78, 5) is 30.5. The largest absolute Gasteiger partial charge is 0.443 e. The van der Waals surface area contributed by atoms with Crippen molar-refractivity contribution in [2.24, 2.45) is 4.99 Å². The fraction of sp³-hybridized carbons (Fsp3) is 0.474. The fourth-order valence-electron chi connectivity index (χ4n) is 1.89. The summed E-state index contributed by atoms with van der Waals surface area (Å²) in [6.07, 6.45) is 1.85. The second-order valence-corrected chi connectivity index (χ2v) is 8.47. The Morgan fingerprint density at radius 1 is 1.11 bits per heavy atom. The molecule has 0 fully saturated rings. The second-order valence-electron chi connectivity index (χ2n) is 7.67. The summed E-state index contributed by atoms with van der Waals surface area (Å²) in [5.41, 5.74) is -0.907. The highest BCUT2D eigenvalue weighted by Crippen LogP contribution is 2.26. The van der Waals surface area contributed by atoms with Gasteiger partial charge in [-0.3, -0.25) is 5.32 Å². The molecule has 0 saturated carbocycles. The van der Waals surface area contributed by atoms with Gasteiger partial charge in [0.1, 0.15) is 11.2 Å². The van der Waals surface area contributed by atoms with Crippen molar-refractivity contribution in [3.8, 4) is 6.19 Å². The predicted molar refractivity (Wildman–Crippen MR) is 111 cm³/mol. The number of hydrogen-bond acceptors (Lipinski definition) is 7. The van der Waals surface area contributed by atoms with E-state index in [2.05, 4.69) is 10.3 Å². The van der Waals surface area contributed by atoms with E-state index >= 15 is 0 Å². The molecule has 1 rings (SSSR count). The van der Waals surface area contributed by atoms with E-state index in [9.17, 15) is 9.59 Å². The number of nitriles is 1. The molecule has 0 spiro atoms. The van der Waals surface area contributed by atoms with Gasteiger partial charge in [0.2, 0.25) is 0 Å². The number of anilines is 1. The van der Waals surface area contributed by atoms with Crippen LogP contribution in [0.2, 0.25) is 0 Å². The van der Waals surface area contributed by atoms with E-state index in [1.807, 2.05) is 0 Å². The van der Waals surface area contributed by atoms with E-state index in [4.69, 9.17) is 14.7 Å². The van der Waals surface area contributed by atoms with Crippen LogP contribution in [-0.4, -0.2) is 34.8 Å². The van der Waals surface area contributed by atoms with Gasteiger partial charge in [-0.05, 0) is 66.0 Å². The van der Waals surface area contributed by atoms with Crippen LogP contribution in [0.4, 0.5) is 21.0 Å². The van der Waals surface area contributed by atoms with Gasteiger partial charge in [-0.1, -0.05) is 17.8 Å². The minimum Gasteiger partial charge on any atom is -0.443 e. The highest BCUT2D eigenvalue weighted by molar-refractivity contribution is 8.13. The molecule has 0 aliphatic carbocycles. The molecular weight excluding hydrogens is 380 g/mol. The van der Waals surface area contributed by atoms with Crippen LogP contribution in [-0.2, 0) is 9.47 Å². The zero-order valence-electron chi connectivity index (χ0n) is 17.2. The molecule has 1 aromatic carbocycles. The number of benzene rings is 1. The normalized spacial score (nSPS) is 12.0. The first-order valence-corrected chi connectivity index (χ1v) is 9.72. The van der Waals surface area contributed by atoms with Gasteiger partial charge in [0, 0.05) is 0 Å². The molecule has 0 bridgehead atoms. The van der Waals surface area contributed by atoms with Crippen LogP contribution in [0.3, 0.4) is 0 Å². The van der Waals surface area contributed by atoms with Crippen molar-refractivity contribution >= 4 is 40.5 Å². The zero-order chi connectivity index (χ0) is 21.5. The third kappa shape index (κ3) is 7.88. The van der Waals surface area contributed by atoms with Gasteiger partial charge >= 0.3 is 12.2 Å². The molecule has 0 atom stereocenters. The van der Waals surface area contributed by atoms with Crippen molar-refractivity contribution in [2.75, 3.05) is 11.2 Å². The Labute approximate surface area is 169 Å². The number of carbonyl (C=O) groups excluding carboxylic acids is 2. The number of aliphatic imine (C=N–C) groups is 1. The molecule has 2 amide bonds. The lowest BCUT2D eigenvalue weighted by molar-refractivity contribution is 0.0431.